The van der Waals surface area contributed by atoms with E-state index in [0.717, 1.165) is 71.5 Å². The van der Waals surface area contributed by atoms with Crippen molar-refractivity contribution < 1.29 is 13.3 Å². The number of hydrogen-bond acceptors (Lipinski definition) is 7. The smallest absolute Gasteiger partial charge is 0.236 e. The maximum atomic E-state index is 9.70. The Kier molecular flexibility index (Phi) is 4.62. The van der Waals surface area contributed by atoms with Gasteiger partial charge in [-0.3, -0.25) is 0 Å². The molecule has 9 aromatic rings. The molecule has 0 spiro atoms. The van der Waals surface area contributed by atoms with Crippen molar-refractivity contribution in [1.82, 2.24) is 9.97 Å². The van der Waals surface area contributed by atoms with E-state index in [2.05, 4.69) is 52.4 Å². The molecule has 0 radical (unpaired) electrons. The van der Waals surface area contributed by atoms with E-state index >= 15 is 0 Å². The van der Waals surface area contributed by atoms with E-state index in [1.165, 1.54) is 0 Å². The van der Waals surface area contributed by atoms with Gasteiger partial charge in [-0.1, -0.05) is 42.5 Å². The van der Waals surface area contributed by atoms with Gasteiger partial charge in [-0.25, -0.2) is 4.98 Å². The fraction of sp³-hybridized carbons (Fsp3) is 0. The minimum absolute atomic E-state index is 0.0991. The zero-order valence-electron chi connectivity index (χ0n) is 22.3. The first-order valence-corrected chi connectivity index (χ1v) is 13.6. The maximum Gasteiger partial charge on any atom is 0.236 e. The molecule has 0 aliphatic rings. The highest BCUT2D eigenvalue weighted by molar-refractivity contribution is 6.10. The van der Waals surface area contributed by atoms with E-state index in [1.807, 2.05) is 66.7 Å². The molecular weight excluding hydrogens is 536 g/mol. The van der Waals surface area contributed by atoms with Gasteiger partial charge in [0.1, 0.15) is 40.1 Å². The maximum absolute atomic E-state index is 9.70. The molecule has 0 aliphatic carbocycles. The van der Waals surface area contributed by atoms with Gasteiger partial charge in [-0.2, -0.15) is 15.5 Å². The molecule has 43 heavy (non-hydrogen) atoms. The normalized spacial score (nSPS) is 11.7. The molecule has 4 heterocycles. The van der Waals surface area contributed by atoms with E-state index in [4.69, 9.17) is 13.3 Å². The number of furan rings is 3. The van der Waals surface area contributed by atoms with Crippen molar-refractivity contribution in [2.45, 2.75) is 0 Å². The minimum Gasteiger partial charge on any atom is -0.456 e. The summed E-state index contributed by atoms with van der Waals surface area (Å²) in [5, 5.41) is 24.4. The summed E-state index contributed by atoms with van der Waals surface area (Å²) in [6.07, 6.45) is 0. The highest BCUT2D eigenvalue weighted by Gasteiger charge is 2.17. The van der Waals surface area contributed by atoms with Gasteiger partial charge in [0.15, 0.2) is 5.69 Å². The highest BCUT2D eigenvalue weighted by Crippen LogP contribution is 2.38. The first kappa shape index (κ1) is 23.3. The molecule has 198 valence electrons. The molecule has 0 N–H and O–H groups in total. The topological polar surface area (TPSA) is 113 Å². The van der Waals surface area contributed by atoms with Gasteiger partial charge >= 0.3 is 0 Å². The molecule has 0 saturated heterocycles. The lowest BCUT2D eigenvalue weighted by atomic mass is 9.98. The Morgan fingerprint density at radius 2 is 0.953 bits per heavy atom. The summed E-state index contributed by atoms with van der Waals surface area (Å²) in [4.78, 5) is 8.25. The largest absolute Gasteiger partial charge is 0.456 e. The van der Waals surface area contributed by atoms with Gasteiger partial charge in [0.25, 0.3) is 0 Å². The SMILES string of the molecule is N#Cc1nc(C#N)c2c(n1)oc1ccc(-c3ccc4oc5ccc(-c6ccc7oc8ccccc8c7c6)cc5c4c3)cc12. The summed E-state index contributed by atoms with van der Waals surface area (Å²) in [6.45, 7) is 0. The van der Waals surface area contributed by atoms with Crippen molar-refractivity contribution in [3.05, 3.63) is 109 Å². The quantitative estimate of drug-likeness (QED) is 0.210. The summed E-state index contributed by atoms with van der Waals surface area (Å²) in [6, 6.07) is 36.5. The molecule has 0 amide bonds. The lowest BCUT2D eigenvalue weighted by Crippen LogP contribution is -1.93. The summed E-state index contributed by atoms with van der Waals surface area (Å²) in [5.41, 5.74) is 8.36. The third-order valence-electron chi connectivity index (χ3n) is 8.05. The molecule has 7 heteroatoms. The predicted molar refractivity (Wildman–Crippen MR) is 164 cm³/mol. The predicted octanol–water partition coefficient (Wildman–Crippen LogP) is 9.25. The monoisotopic (exact) mass is 552 g/mol. The van der Waals surface area contributed by atoms with Crippen LogP contribution < -0.4 is 0 Å². The Hall–Kier alpha value is -6.44. The lowest BCUT2D eigenvalue weighted by molar-refractivity contribution is 0.651. The second-order valence-corrected chi connectivity index (χ2v) is 10.4. The lowest BCUT2D eigenvalue weighted by Gasteiger charge is -2.04. The number of para-hydroxylation sites is 1. The Morgan fingerprint density at radius 3 is 1.51 bits per heavy atom. The molecule has 7 nitrogen and oxygen atoms in total. The van der Waals surface area contributed by atoms with Crippen LogP contribution in [0, 0.1) is 22.7 Å². The van der Waals surface area contributed by atoms with Gasteiger partial charge in [0.05, 0.1) is 5.39 Å². The van der Waals surface area contributed by atoms with Crippen molar-refractivity contribution >= 4 is 65.9 Å². The number of benzene rings is 5. The van der Waals surface area contributed by atoms with Gasteiger partial charge in [0.2, 0.25) is 11.5 Å². The summed E-state index contributed by atoms with van der Waals surface area (Å²) in [5.74, 6) is -0.0991. The zero-order chi connectivity index (χ0) is 28.7. The molecule has 0 aliphatic heterocycles. The summed E-state index contributed by atoms with van der Waals surface area (Å²) >= 11 is 0. The van der Waals surface area contributed by atoms with Gasteiger partial charge < -0.3 is 13.3 Å². The number of fused-ring (bicyclic) bond motifs is 9. The highest BCUT2D eigenvalue weighted by atomic mass is 16.3. The third kappa shape index (κ3) is 3.40. The number of hydrogen-bond donors (Lipinski definition) is 0. The van der Waals surface area contributed by atoms with Crippen LogP contribution in [-0.2, 0) is 0 Å². The van der Waals surface area contributed by atoms with E-state index in [9.17, 15) is 10.5 Å². The molecule has 0 unspecified atom stereocenters. The van der Waals surface area contributed by atoms with Crippen LogP contribution >= 0.6 is 0 Å². The minimum atomic E-state index is -0.0991. The second kappa shape index (κ2) is 8.53. The van der Waals surface area contributed by atoms with Crippen molar-refractivity contribution in [2.75, 3.05) is 0 Å². The van der Waals surface area contributed by atoms with Gasteiger partial charge in [0, 0.05) is 26.9 Å². The van der Waals surface area contributed by atoms with E-state index < -0.39 is 0 Å². The number of rotatable bonds is 2. The first-order chi connectivity index (χ1) is 21.2. The molecule has 0 fully saturated rings. The van der Waals surface area contributed by atoms with Crippen LogP contribution in [-0.4, -0.2) is 9.97 Å². The molecule has 0 bridgehead atoms. The van der Waals surface area contributed by atoms with E-state index in [0.29, 0.717) is 11.0 Å². The van der Waals surface area contributed by atoms with Gasteiger partial charge in [-0.15, -0.1) is 0 Å². The van der Waals surface area contributed by atoms with Gasteiger partial charge in [-0.05, 0) is 76.9 Å². The average Bonchev–Trinajstić information content (AvgIpc) is 3.73. The van der Waals surface area contributed by atoms with Crippen LogP contribution in [0.4, 0.5) is 0 Å². The number of nitrogens with zero attached hydrogens (tertiary/aromatic N) is 4. The van der Waals surface area contributed by atoms with Crippen molar-refractivity contribution in [2.24, 2.45) is 0 Å². The molecule has 5 aromatic carbocycles. The van der Waals surface area contributed by atoms with Crippen LogP contribution in [0.3, 0.4) is 0 Å². The third-order valence-corrected chi connectivity index (χ3v) is 8.05. The Bertz CT molecular complexity index is 2710. The van der Waals surface area contributed by atoms with Crippen LogP contribution in [0.1, 0.15) is 11.5 Å². The van der Waals surface area contributed by atoms with Crippen LogP contribution in [0.15, 0.2) is 110 Å². The molecule has 0 atom stereocenters. The van der Waals surface area contributed by atoms with Crippen molar-refractivity contribution in [3.8, 4) is 34.4 Å². The summed E-state index contributed by atoms with van der Waals surface area (Å²) < 4.78 is 18.1. The Balaban J connectivity index is 1.19. The standard InChI is InChI=1S/C36H16N4O3/c37-17-28-35-27-16-22(8-12-33(27)43-36(35)40-34(18-38)39-28)21-7-11-32-26(15-21)25-14-20(6-10-31(25)42-32)19-5-9-30-24(13-19)23-3-1-2-4-29(23)41-30/h1-16H. The molecular formula is C36H16N4O3. The molecule has 9 rings (SSSR count). The Labute approximate surface area is 242 Å². The Morgan fingerprint density at radius 1 is 0.465 bits per heavy atom. The fourth-order valence-electron chi connectivity index (χ4n) is 6.03. The second-order valence-electron chi connectivity index (χ2n) is 10.4. The number of nitriles is 2. The van der Waals surface area contributed by atoms with Crippen molar-refractivity contribution in [1.29, 1.82) is 10.5 Å². The van der Waals surface area contributed by atoms with Crippen LogP contribution in [0.5, 0.6) is 0 Å². The molecule has 0 saturated carbocycles. The van der Waals surface area contributed by atoms with E-state index in [1.54, 1.807) is 0 Å². The van der Waals surface area contributed by atoms with Crippen molar-refractivity contribution in [3.63, 3.8) is 0 Å². The van der Waals surface area contributed by atoms with E-state index in [-0.39, 0.29) is 17.2 Å². The zero-order valence-corrected chi connectivity index (χ0v) is 22.3. The first-order valence-electron chi connectivity index (χ1n) is 13.6. The fourth-order valence-corrected chi connectivity index (χ4v) is 6.03. The number of aromatic nitrogens is 2. The summed E-state index contributed by atoms with van der Waals surface area (Å²) in [7, 11) is 0. The molecule has 4 aromatic heterocycles. The average molecular weight is 553 g/mol. The van der Waals surface area contributed by atoms with Crippen LogP contribution in [0.25, 0.3) is 88.2 Å². The van der Waals surface area contributed by atoms with Crippen LogP contribution in [0.2, 0.25) is 0 Å².